The van der Waals surface area contributed by atoms with Gasteiger partial charge < -0.3 is 9.84 Å². The van der Waals surface area contributed by atoms with Crippen LogP contribution in [-0.2, 0) is 16.5 Å². The van der Waals surface area contributed by atoms with Gasteiger partial charge in [-0.1, -0.05) is 83.6 Å². The normalized spacial score (nSPS) is 11.6. The number of phenolic OH excluding ortho intramolecular Hbond substituents is 1. The number of hydrogen-bond acceptors (Lipinski definition) is 4. The predicted molar refractivity (Wildman–Crippen MR) is 129 cm³/mol. The van der Waals surface area contributed by atoms with Crippen LogP contribution < -0.4 is 4.74 Å². The quantitative estimate of drug-likeness (QED) is 0.197. The van der Waals surface area contributed by atoms with Crippen LogP contribution in [0.15, 0.2) is 47.4 Å². The second kappa shape index (κ2) is 14.2. The van der Waals surface area contributed by atoms with E-state index < -0.39 is 10.1 Å². The van der Waals surface area contributed by atoms with Gasteiger partial charge >= 0.3 is 0 Å². The monoisotopic (exact) mass is 462 g/mol. The van der Waals surface area contributed by atoms with Crippen LogP contribution in [0.3, 0.4) is 0 Å². The maximum atomic E-state index is 11.9. The minimum Gasteiger partial charge on any atom is -0.508 e. The highest BCUT2D eigenvalue weighted by Crippen LogP contribution is 2.32. The SMILES string of the molecule is CCCCCCCCCCCCCCc1c(Oc2ccc(O)cc2)cccc1S(=O)(=O)O. The molecular weight excluding hydrogens is 424 g/mol. The van der Waals surface area contributed by atoms with Crippen LogP contribution in [0.1, 0.15) is 89.5 Å². The van der Waals surface area contributed by atoms with Crippen LogP contribution >= 0.6 is 0 Å². The van der Waals surface area contributed by atoms with E-state index in [0.29, 0.717) is 23.5 Å². The van der Waals surface area contributed by atoms with Gasteiger partial charge in [0.15, 0.2) is 0 Å². The van der Waals surface area contributed by atoms with Crippen molar-refractivity contribution in [2.75, 3.05) is 0 Å². The van der Waals surface area contributed by atoms with E-state index in [1.165, 1.54) is 76.0 Å². The third-order valence-corrected chi connectivity index (χ3v) is 6.65. The van der Waals surface area contributed by atoms with Gasteiger partial charge in [-0.25, -0.2) is 0 Å². The van der Waals surface area contributed by atoms with Gasteiger partial charge in [0.05, 0.1) is 0 Å². The molecule has 5 nitrogen and oxygen atoms in total. The minimum atomic E-state index is -4.34. The molecule has 0 saturated carbocycles. The summed E-state index contributed by atoms with van der Waals surface area (Å²) in [4.78, 5) is -0.100. The Balaban J connectivity index is 1.82. The van der Waals surface area contributed by atoms with Gasteiger partial charge in [0, 0.05) is 5.56 Å². The van der Waals surface area contributed by atoms with Crippen molar-refractivity contribution >= 4 is 10.1 Å². The summed E-state index contributed by atoms with van der Waals surface area (Å²) in [5, 5.41) is 9.44. The first kappa shape index (κ1) is 26.2. The molecule has 0 atom stereocenters. The van der Waals surface area contributed by atoms with Gasteiger partial charge in [-0.3, -0.25) is 4.55 Å². The first-order chi connectivity index (χ1) is 15.4. The molecule has 178 valence electrons. The number of ether oxygens (including phenoxy) is 1. The lowest BCUT2D eigenvalue weighted by atomic mass is 10.0. The number of benzene rings is 2. The Morgan fingerprint density at radius 1 is 0.750 bits per heavy atom. The van der Waals surface area contributed by atoms with Gasteiger partial charge in [-0.05, 0) is 49.2 Å². The zero-order valence-electron chi connectivity index (χ0n) is 19.3. The van der Waals surface area contributed by atoms with Crippen LogP contribution in [0.5, 0.6) is 17.2 Å². The highest BCUT2D eigenvalue weighted by atomic mass is 32.2. The van der Waals surface area contributed by atoms with Crippen molar-refractivity contribution in [1.29, 1.82) is 0 Å². The second-order valence-electron chi connectivity index (χ2n) is 8.44. The van der Waals surface area contributed by atoms with Crippen LogP contribution in [0.25, 0.3) is 0 Å². The van der Waals surface area contributed by atoms with E-state index in [0.717, 1.165) is 19.3 Å². The Bertz CT molecular complexity index is 891. The molecule has 0 heterocycles. The first-order valence-corrected chi connectivity index (χ1v) is 13.4. The van der Waals surface area contributed by atoms with Crippen molar-refractivity contribution in [3.63, 3.8) is 0 Å². The molecule has 2 aromatic carbocycles. The van der Waals surface area contributed by atoms with Crippen LogP contribution in [0, 0.1) is 0 Å². The van der Waals surface area contributed by atoms with Crippen LogP contribution in [0.2, 0.25) is 0 Å². The molecule has 0 aliphatic heterocycles. The molecule has 0 aliphatic rings. The second-order valence-corrected chi connectivity index (χ2v) is 9.83. The Morgan fingerprint density at radius 2 is 1.28 bits per heavy atom. The molecule has 2 aromatic rings. The molecule has 0 saturated heterocycles. The summed E-state index contributed by atoms with van der Waals surface area (Å²) < 4.78 is 39.3. The highest BCUT2D eigenvalue weighted by Gasteiger charge is 2.19. The van der Waals surface area contributed by atoms with E-state index in [2.05, 4.69) is 6.92 Å². The molecule has 0 amide bonds. The molecule has 0 radical (unpaired) electrons. The van der Waals surface area contributed by atoms with Crippen LogP contribution in [-0.4, -0.2) is 18.1 Å². The first-order valence-electron chi connectivity index (χ1n) is 12.0. The lowest BCUT2D eigenvalue weighted by Gasteiger charge is -2.14. The Hall–Kier alpha value is -2.05. The van der Waals surface area contributed by atoms with Crippen molar-refractivity contribution in [2.45, 2.75) is 95.3 Å². The van der Waals surface area contributed by atoms with E-state index in [1.54, 1.807) is 24.3 Å². The smallest absolute Gasteiger partial charge is 0.294 e. The summed E-state index contributed by atoms with van der Waals surface area (Å²) in [6.45, 7) is 2.24. The molecule has 2 rings (SSSR count). The number of rotatable bonds is 16. The van der Waals surface area contributed by atoms with E-state index in [-0.39, 0.29) is 10.6 Å². The fourth-order valence-corrected chi connectivity index (χ4v) is 4.68. The molecule has 6 heteroatoms. The van der Waals surface area contributed by atoms with Gasteiger partial charge in [0.1, 0.15) is 22.1 Å². The summed E-state index contributed by atoms with van der Waals surface area (Å²) in [6.07, 6.45) is 15.2. The van der Waals surface area contributed by atoms with Crippen LogP contribution in [0.4, 0.5) is 0 Å². The summed E-state index contributed by atoms with van der Waals surface area (Å²) >= 11 is 0. The fourth-order valence-electron chi connectivity index (χ4n) is 3.91. The standard InChI is InChI=1S/C26H38O5S/c1-2-3-4-5-6-7-8-9-10-11-12-13-15-24-25(16-14-17-26(24)32(28,29)30)31-23-20-18-22(27)19-21-23/h14,16-21,27H,2-13,15H2,1H3,(H,28,29,30). The zero-order valence-corrected chi connectivity index (χ0v) is 20.1. The third-order valence-electron chi connectivity index (χ3n) is 5.71. The molecule has 0 unspecified atom stereocenters. The van der Waals surface area contributed by atoms with E-state index in [9.17, 15) is 18.1 Å². The summed E-state index contributed by atoms with van der Waals surface area (Å²) in [6, 6.07) is 10.9. The summed E-state index contributed by atoms with van der Waals surface area (Å²) in [5.74, 6) is 1.03. The molecule has 0 aromatic heterocycles. The molecule has 32 heavy (non-hydrogen) atoms. The highest BCUT2D eigenvalue weighted by molar-refractivity contribution is 7.85. The zero-order chi connectivity index (χ0) is 23.2. The summed E-state index contributed by atoms with van der Waals surface area (Å²) in [5.41, 5.74) is 0.496. The molecule has 0 bridgehead atoms. The van der Waals surface area contributed by atoms with Gasteiger partial charge in [-0.15, -0.1) is 0 Å². The maximum absolute atomic E-state index is 11.9. The van der Waals surface area contributed by atoms with E-state index in [4.69, 9.17) is 4.74 Å². The van der Waals surface area contributed by atoms with E-state index in [1.807, 2.05) is 0 Å². The summed E-state index contributed by atoms with van der Waals surface area (Å²) in [7, 11) is -4.34. The maximum Gasteiger partial charge on any atom is 0.294 e. The minimum absolute atomic E-state index is 0.100. The molecule has 0 aliphatic carbocycles. The predicted octanol–water partition coefficient (Wildman–Crippen LogP) is 7.67. The van der Waals surface area contributed by atoms with Crippen molar-refractivity contribution in [3.05, 3.63) is 48.0 Å². The average molecular weight is 463 g/mol. The number of aromatic hydroxyl groups is 1. The molecule has 2 N–H and O–H groups in total. The lowest BCUT2D eigenvalue weighted by molar-refractivity contribution is 0.456. The number of phenols is 1. The Labute approximate surface area is 193 Å². The topological polar surface area (TPSA) is 83.8 Å². The Morgan fingerprint density at radius 3 is 1.81 bits per heavy atom. The van der Waals surface area contributed by atoms with Gasteiger partial charge in [-0.2, -0.15) is 8.42 Å². The largest absolute Gasteiger partial charge is 0.508 e. The molecular formula is C26H38O5S. The van der Waals surface area contributed by atoms with Gasteiger partial charge in [0.25, 0.3) is 10.1 Å². The average Bonchev–Trinajstić information content (AvgIpc) is 2.76. The van der Waals surface area contributed by atoms with Crippen molar-refractivity contribution in [3.8, 4) is 17.2 Å². The molecule has 0 fully saturated rings. The number of unbranched alkanes of at least 4 members (excludes halogenated alkanes) is 11. The molecule has 0 spiro atoms. The van der Waals surface area contributed by atoms with E-state index >= 15 is 0 Å². The van der Waals surface area contributed by atoms with Crippen molar-refractivity contribution in [2.24, 2.45) is 0 Å². The van der Waals surface area contributed by atoms with Crippen molar-refractivity contribution < 1.29 is 22.8 Å². The van der Waals surface area contributed by atoms with Crippen molar-refractivity contribution in [1.82, 2.24) is 0 Å². The fraction of sp³-hybridized carbons (Fsp3) is 0.538. The van der Waals surface area contributed by atoms with Gasteiger partial charge in [0.2, 0.25) is 0 Å². The lowest BCUT2D eigenvalue weighted by Crippen LogP contribution is -2.05. The number of hydrogen-bond donors (Lipinski definition) is 2. The Kier molecular flexibility index (Phi) is 11.6. The third kappa shape index (κ3) is 9.61.